The molecule has 1 amide bonds. The van der Waals surface area contributed by atoms with E-state index in [1.54, 1.807) is 12.1 Å². The van der Waals surface area contributed by atoms with E-state index in [0.29, 0.717) is 0 Å². The van der Waals surface area contributed by atoms with E-state index >= 15 is 0 Å². The number of nitrogens with zero attached hydrogens (tertiary/aromatic N) is 1. The molecule has 152 valence electrons. The smallest absolute Gasteiger partial charge is 0.335 e. The third-order valence-electron chi connectivity index (χ3n) is 5.27. The summed E-state index contributed by atoms with van der Waals surface area (Å²) < 4.78 is 26.7. The molecule has 0 atom stereocenters. The molecule has 3 aromatic carbocycles. The lowest BCUT2D eigenvalue weighted by molar-refractivity contribution is 0.0696. The first-order chi connectivity index (χ1) is 14.2. The molecule has 3 aromatic rings. The first-order valence-electron chi connectivity index (χ1n) is 9.29. The number of anilines is 1. The van der Waals surface area contributed by atoms with E-state index in [9.17, 15) is 23.1 Å². The van der Waals surface area contributed by atoms with Crippen molar-refractivity contribution in [2.45, 2.75) is 30.2 Å². The van der Waals surface area contributed by atoms with Crippen molar-refractivity contribution in [3.63, 3.8) is 0 Å². The Morgan fingerprint density at radius 1 is 0.967 bits per heavy atom. The van der Waals surface area contributed by atoms with Crippen LogP contribution in [0.15, 0.2) is 70.5 Å². The van der Waals surface area contributed by atoms with Crippen LogP contribution in [0, 0.1) is 13.8 Å². The predicted molar refractivity (Wildman–Crippen MR) is 112 cm³/mol. The van der Waals surface area contributed by atoms with Gasteiger partial charge in [-0.25, -0.2) is 13.2 Å². The van der Waals surface area contributed by atoms with Crippen molar-refractivity contribution in [3.05, 3.63) is 88.5 Å². The van der Waals surface area contributed by atoms with E-state index < -0.39 is 21.7 Å². The first kappa shape index (κ1) is 19.8. The molecule has 0 saturated carbocycles. The van der Waals surface area contributed by atoms with Gasteiger partial charge in [0.2, 0.25) is 9.84 Å². The van der Waals surface area contributed by atoms with E-state index in [1.165, 1.54) is 35.2 Å². The molecule has 0 radical (unpaired) electrons. The molecular weight excluding hydrogens is 402 g/mol. The molecule has 0 unspecified atom stereocenters. The molecule has 0 fully saturated rings. The SMILES string of the molecule is Cc1ccc(C)c(CN2C(=O)c3ccccc3S(=O)(=O)c3ccc(C(=O)O)cc32)c1. The van der Waals surface area contributed by atoms with Crippen molar-refractivity contribution in [1.29, 1.82) is 0 Å². The topological polar surface area (TPSA) is 91.8 Å². The van der Waals surface area contributed by atoms with Crippen molar-refractivity contribution in [2.24, 2.45) is 0 Å². The Bertz CT molecular complexity index is 1310. The number of carboxylic acids is 1. The normalized spacial score (nSPS) is 14.6. The van der Waals surface area contributed by atoms with Crippen molar-refractivity contribution in [1.82, 2.24) is 0 Å². The Hall–Kier alpha value is -3.45. The molecule has 1 heterocycles. The number of hydrogen-bond acceptors (Lipinski definition) is 4. The van der Waals surface area contributed by atoms with Crippen LogP contribution in [0.5, 0.6) is 0 Å². The fourth-order valence-electron chi connectivity index (χ4n) is 3.64. The monoisotopic (exact) mass is 421 g/mol. The number of carboxylic acid groups (broad SMARTS) is 1. The molecule has 0 aliphatic carbocycles. The third-order valence-corrected chi connectivity index (χ3v) is 7.13. The highest BCUT2D eigenvalue weighted by Gasteiger charge is 2.36. The predicted octanol–water partition coefficient (Wildman–Crippen LogP) is 3.99. The van der Waals surface area contributed by atoms with Crippen molar-refractivity contribution in [2.75, 3.05) is 4.90 Å². The van der Waals surface area contributed by atoms with Gasteiger partial charge in [0.1, 0.15) is 0 Å². The summed E-state index contributed by atoms with van der Waals surface area (Å²) in [6.45, 7) is 3.96. The lowest BCUT2D eigenvalue weighted by atomic mass is 10.0. The lowest BCUT2D eigenvalue weighted by Gasteiger charge is -2.24. The fourth-order valence-corrected chi connectivity index (χ4v) is 5.27. The number of sulfone groups is 1. The van der Waals surface area contributed by atoms with Crippen LogP contribution in [0.1, 0.15) is 37.4 Å². The summed E-state index contributed by atoms with van der Waals surface area (Å²) >= 11 is 0. The average molecular weight is 421 g/mol. The van der Waals surface area contributed by atoms with Gasteiger partial charge in [-0.2, -0.15) is 0 Å². The molecule has 0 saturated heterocycles. The van der Waals surface area contributed by atoms with Gasteiger partial charge in [0.25, 0.3) is 5.91 Å². The summed E-state index contributed by atoms with van der Waals surface area (Å²) in [7, 11) is -4.01. The zero-order valence-electron chi connectivity index (χ0n) is 16.4. The Morgan fingerprint density at radius 2 is 1.70 bits per heavy atom. The summed E-state index contributed by atoms with van der Waals surface area (Å²) in [6, 6.07) is 15.7. The van der Waals surface area contributed by atoms with E-state index in [1.807, 2.05) is 32.0 Å². The van der Waals surface area contributed by atoms with Crippen LogP contribution in [-0.4, -0.2) is 25.4 Å². The fraction of sp³-hybridized carbons (Fsp3) is 0.130. The molecule has 30 heavy (non-hydrogen) atoms. The summed E-state index contributed by atoms with van der Waals surface area (Å²) in [5.41, 5.74) is 2.85. The van der Waals surface area contributed by atoms with Crippen molar-refractivity contribution in [3.8, 4) is 0 Å². The second-order valence-electron chi connectivity index (χ2n) is 7.31. The molecule has 0 spiro atoms. The summed E-state index contributed by atoms with van der Waals surface area (Å²) in [5, 5.41) is 9.43. The summed E-state index contributed by atoms with van der Waals surface area (Å²) in [6.07, 6.45) is 0. The zero-order chi connectivity index (χ0) is 21.6. The van der Waals surface area contributed by atoms with Crippen LogP contribution < -0.4 is 4.90 Å². The van der Waals surface area contributed by atoms with E-state index in [-0.39, 0.29) is 33.2 Å². The second kappa shape index (κ2) is 7.11. The molecule has 1 N–H and O–H groups in total. The van der Waals surface area contributed by atoms with E-state index in [4.69, 9.17) is 0 Å². The third kappa shape index (κ3) is 3.17. The minimum atomic E-state index is -4.01. The molecule has 1 aliphatic rings. The standard InChI is InChI=1S/C23H19NO5S/c1-14-7-8-15(2)17(11-14)13-24-19-12-16(23(26)27)9-10-21(19)30(28,29)20-6-4-3-5-18(20)22(24)25/h3-12H,13H2,1-2H3,(H,26,27). The van der Waals surface area contributed by atoms with Crippen LogP contribution in [0.3, 0.4) is 0 Å². The average Bonchev–Trinajstić information content (AvgIpc) is 2.79. The number of amides is 1. The number of carbonyl (C=O) groups is 2. The molecule has 1 aliphatic heterocycles. The highest BCUT2D eigenvalue weighted by atomic mass is 32.2. The quantitative estimate of drug-likeness (QED) is 0.690. The van der Waals surface area contributed by atoms with Gasteiger partial charge in [-0.15, -0.1) is 0 Å². The van der Waals surface area contributed by atoms with Crippen LogP contribution >= 0.6 is 0 Å². The van der Waals surface area contributed by atoms with Crippen LogP contribution in [-0.2, 0) is 16.4 Å². The zero-order valence-corrected chi connectivity index (χ0v) is 17.2. The minimum absolute atomic E-state index is 0.0656. The Kier molecular flexibility index (Phi) is 4.70. The van der Waals surface area contributed by atoms with Crippen molar-refractivity contribution >= 4 is 27.4 Å². The van der Waals surface area contributed by atoms with Gasteiger partial charge in [0, 0.05) is 0 Å². The van der Waals surface area contributed by atoms with Crippen LogP contribution in [0.2, 0.25) is 0 Å². The maximum atomic E-state index is 13.5. The molecular formula is C23H19NO5S. The van der Waals surface area contributed by atoms with Crippen LogP contribution in [0.25, 0.3) is 0 Å². The van der Waals surface area contributed by atoms with Gasteiger partial charge >= 0.3 is 5.97 Å². The van der Waals surface area contributed by atoms with Crippen molar-refractivity contribution < 1.29 is 23.1 Å². The minimum Gasteiger partial charge on any atom is -0.478 e. The maximum Gasteiger partial charge on any atom is 0.335 e. The molecule has 7 heteroatoms. The molecule has 6 nitrogen and oxygen atoms in total. The summed E-state index contributed by atoms with van der Waals surface area (Å²) in [5.74, 6) is -1.69. The van der Waals surface area contributed by atoms with E-state index in [2.05, 4.69) is 0 Å². The molecule has 4 rings (SSSR count). The highest BCUT2D eigenvalue weighted by molar-refractivity contribution is 7.91. The Morgan fingerprint density at radius 3 is 2.43 bits per heavy atom. The number of rotatable bonds is 3. The van der Waals surface area contributed by atoms with Gasteiger partial charge in [-0.05, 0) is 55.3 Å². The largest absolute Gasteiger partial charge is 0.478 e. The Labute approximate surface area is 174 Å². The number of hydrogen-bond donors (Lipinski definition) is 1. The number of aryl methyl sites for hydroxylation is 2. The lowest BCUT2D eigenvalue weighted by Crippen LogP contribution is -2.30. The second-order valence-corrected chi connectivity index (χ2v) is 9.20. The number of benzene rings is 3. The molecule has 0 aromatic heterocycles. The van der Waals surface area contributed by atoms with Gasteiger partial charge < -0.3 is 10.0 Å². The Balaban J connectivity index is 2.01. The molecule has 0 bridgehead atoms. The number of aromatic carboxylic acids is 1. The number of fused-ring (bicyclic) bond motifs is 2. The van der Waals surface area contributed by atoms with Gasteiger partial charge in [-0.3, -0.25) is 4.79 Å². The first-order valence-corrected chi connectivity index (χ1v) is 10.8. The van der Waals surface area contributed by atoms with E-state index in [0.717, 1.165) is 16.7 Å². The highest BCUT2D eigenvalue weighted by Crippen LogP contribution is 2.38. The summed E-state index contributed by atoms with van der Waals surface area (Å²) in [4.78, 5) is 26.2. The van der Waals surface area contributed by atoms with Gasteiger partial charge in [0.15, 0.2) is 0 Å². The van der Waals surface area contributed by atoms with Gasteiger partial charge in [-0.1, -0.05) is 35.9 Å². The maximum absolute atomic E-state index is 13.5. The van der Waals surface area contributed by atoms with Gasteiger partial charge in [0.05, 0.1) is 33.2 Å². The van der Waals surface area contributed by atoms with Crippen LogP contribution in [0.4, 0.5) is 5.69 Å². The number of carbonyl (C=O) groups excluding carboxylic acids is 1.